The number of piperazine rings is 1. The third-order valence-corrected chi connectivity index (χ3v) is 6.18. The monoisotopic (exact) mass is 504 g/mol. The minimum Gasteiger partial charge on any atom is -0.444 e. The number of aromatic nitrogens is 5. The molecule has 194 valence electrons. The minimum atomic E-state index is -0.483. The van der Waals surface area contributed by atoms with Crippen molar-refractivity contribution < 1.29 is 14.1 Å². The number of rotatable bonds is 5. The van der Waals surface area contributed by atoms with Crippen LogP contribution in [0, 0.1) is 13.8 Å². The zero-order valence-electron chi connectivity index (χ0n) is 21.8. The quantitative estimate of drug-likeness (QED) is 0.406. The van der Waals surface area contributed by atoms with Crippen LogP contribution in [0.5, 0.6) is 0 Å². The second kappa shape index (κ2) is 9.81. The summed E-state index contributed by atoms with van der Waals surface area (Å²) in [5, 5.41) is 7.18. The summed E-state index contributed by atoms with van der Waals surface area (Å²) in [6.07, 6.45) is 1.54. The van der Waals surface area contributed by atoms with Gasteiger partial charge in [0.2, 0.25) is 5.95 Å². The van der Waals surface area contributed by atoms with E-state index in [0.717, 1.165) is 47.4 Å². The highest BCUT2D eigenvalue weighted by Crippen LogP contribution is 2.29. The number of carbonyl (C=O) groups excluding carboxylic acids is 1. The lowest BCUT2D eigenvalue weighted by atomic mass is 10.1. The molecular weight excluding hydrogens is 472 g/mol. The molecule has 1 aliphatic heterocycles. The molecule has 1 amide bonds. The van der Waals surface area contributed by atoms with Crippen molar-refractivity contribution in [2.24, 2.45) is 0 Å². The minimum absolute atomic E-state index is 0.247. The van der Waals surface area contributed by atoms with Crippen molar-refractivity contribution in [1.29, 1.82) is 0 Å². The fourth-order valence-corrected chi connectivity index (χ4v) is 4.35. The lowest BCUT2D eigenvalue weighted by molar-refractivity contribution is 0.0139. The smallest absolute Gasteiger partial charge is 0.410 e. The number of imidazole rings is 1. The van der Waals surface area contributed by atoms with Crippen LogP contribution in [0.15, 0.2) is 35.0 Å². The molecule has 2 N–H and O–H groups in total. The van der Waals surface area contributed by atoms with Crippen molar-refractivity contribution in [3.63, 3.8) is 0 Å². The van der Waals surface area contributed by atoms with Crippen molar-refractivity contribution in [1.82, 2.24) is 34.9 Å². The van der Waals surface area contributed by atoms with Gasteiger partial charge in [0.15, 0.2) is 5.82 Å². The first-order valence-electron chi connectivity index (χ1n) is 12.4. The maximum atomic E-state index is 12.3. The predicted molar refractivity (Wildman–Crippen MR) is 139 cm³/mol. The SMILES string of the molecule is Cc1noc(-c2ccc3nc(Nc4cc(CN5CCN(C(=O)OC(C)(C)C)CC5)ccn4)[nH]c3c2C)n1. The third kappa shape index (κ3) is 5.72. The Kier molecular flexibility index (Phi) is 6.55. The molecule has 11 nitrogen and oxygen atoms in total. The van der Waals surface area contributed by atoms with Crippen molar-refractivity contribution in [2.75, 3.05) is 31.5 Å². The van der Waals surface area contributed by atoms with E-state index in [1.54, 1.807) is 18.0 Å². The van der Waals surface area contributed by atoms with Crippen LogP contribution in [0.1, 0.15) is 37.7 Å². The summed E-state index contributed by atoms with van der Waals surface area (Å²) in [5.74, 6) is 2.39. The number of nitrogens with zero attached hydrogens (tertiary/aromatic N) is 6. The Labute approximate surface area is 215 Å². The lowest BCUT2D eigenvalue weighted by Gasteiger charge is -2.35. The molecule has 37 heavy (non-hydrogen) atoms. The zero-order valence-corrected chi connectivity index (χ0v) is 21.8. The van der Waals surface area contributed by atoms with Crippen molar-refractivity contribution in [3.8, 4) is 11.5 Å². The first-order chi connectivity index (χ1) is 17.6. The van der Waals surface area contributed by atoms with E-state index in [2.05, 4.69) is 35.3 Å². The topological polar surface area (TPSA) is 125 Å². The summed E-state index contributed by atoms with van der Waals surface area (Å²) in [5.41, 5.74) is 4.23. The number of pyridine rings is 1. The maximum Gasteiger partial charge on any atom is 0.410 e. The Morgan fingerprint density at radius 1 is 1.14 bits per heavy atom. The Hall–Kier alpha value is -3.99. The van der Waals surface area contributed by atoms with Crippen LogP contribution in [0.4, 0.5) is 16.6 Å². The third-order valence-electron chi connectivity index (χ3n) is 6.18. The number of nitrogens with one attached hydrogen (secondary N) is 2. The molecule has 1 aromatic carbocycles. The van der Waals surface area contributed by atoms with Gasteiger partial charge in [-0.05, 0) is 70.0 Å². The number of hydrogen-bond acceptors (Lipinski definition) is 9. The van der Waals surface area contributed by atoms with E-state index in [9.17, 15) is 4.79 Å². The van der Waals surface area contributed by atoms with E-state index < -0.39 is 5.60 Å². The van der Waals surface area contributed by atoms with Crippen LogP contribution in [-0.4, -0.2) is 72.8 Å². The number of aromatic amines is 1. The average Bonchev–Trinajstić information content (AvgIpc) is 3.45. The van der Waals surface area contributed by atoms with Gasteiger partial charge in [-0.1, -0.05) is 5.16 Å². The number of ether oxygens (including phenoxy) is 1. The van der Waals surface area contributed by atoms with Gasteiger partial charge in [0.1, 0.15) is 11.4 Å². The van der Waals surface area contributed by atoms with Crippen LogP contribution < -0.4 is 5.32 Å². The van der Waals surface area contributed by atoms with Crippen LogP contribution in [-0.2, 0) is 11.3 Å². The van der Waals surface area contributed by atoms with E-state index in [1.165, 1.54) is 0 Å². The van der Waals surface area contributed by atoms with E-state index in [1.807, 2.05) is 52.0 Å². The van der Waals surface area contributed by atoms with Gasteiger partial charge in [-0.3, -0.25) is 4.90 Å². The summed E-state index contributed by atoms with van der Waals surface area (Å²) < 4.78 is 10.8. The van der Waals surface area contributed by atoms with Gasteiger partial charge in [0.25, 0.3) is 5.89 Å². The highest BCUT2D eigenvalue weighted by molar-refractivity contribution is 5.86. The highest BCUT2D eigenvalue weighted by Gasteiger charge is 2.26. The summed E-state index contributed by atoms with van der Waals surface area (Å²) in [4.78, 5) is 33.2. The molecule has 0 saturated carbocycles. The molecular formula is C26H32N8O3. The molecule has 0 unspecified atom stereocenters. The van der Waals surface area contributed by atoms with Gasteiger partial charge in [-0.2, -0.15) is 4.98 Å². The molecule has 0 atom stereocenters. The molecule has 1 fully saturated rings. The molecule has 0 bridgehead atoms. The van der Waals surface area contributed by atoms with E-state index in [-0.39, 0.29) is 6.09 Å². The molecule has 0 spiro atoms. The van der Waals surface area contributed by atoms with Gasteiger partial charge < -0.3 is 24.5 Å². The van der Waals surface area contributed by atoms with Gasteiger partial charge in [-0.25, -0.2) is 14.8 Å². The lowest BCUT2D eigenvalue weighted by Crippen LogP contribution is -2.49. The fraction of sp³-hybridized carbons (Fsp3) is 0.423. The highest BCUT2D eigenvalue weighted by atomic mass is 16.6. The number of anilines is 2. The predicted octanol–water partition coefficient (Wildman–Crippen LogP) is 4.42. The number of aryl methyl sites for hydroxylation is 2. The summed E-state index contributed by atoms with van der Waals surface area (Å²) in [6.45, 7) is 13.1. The van der Waals surface area contributed by atoms with Gasteiger partial charge in [0, 0.05) is 44.5 Å². The maximum absolute atomic E-state index is 12.3. The van der Waals surface area contributed by atoms with Crippen molar-refractivity contribution in [2.45, 2.75) is 46.8 Å². The normalized spacial score (nSPS) is 14.8. The molecule has 0 aliphatic carbocycles. The van der Waals surface area contributed by atoms with Crippen LogP contribution in [0.3, 0.4) is 0 Å². The Bertz CT molecular complexity index is 1410. The average molecular weight is 505 g/mol. The van der Waals surface area contributed by atoms with Crippen LogP contribution in [0.25, 0.3) is 22.5 Å². The van der Waals surface area contributed by atoms with E-state index >= 15 is 0 Å². The Balaban J connectivity index is 1.23. The summed E-state index contributed by atoms with van der Waals surface area (Å²) in [7, 11) is 0. The molecule has 3 aromatic heterocycles. The number of H-pyrrole nitrogens is 1. The second-order valence-corrected chi connectivity index (χ2v) is 10.3. The van der Waals surface area contributed by atoms with Gasteiger partial charge in [0.05, 0.1) is 11.0 Å². The largest absolute Gasteiger partial charge is 0.444 e. The molecule has 1 saturated heterocycles. The van der Waals surface area contributed by atoms with Gasteiger partial charge in [-0.15, -0.1) is 0 Å². The zero-order chi connectivity index (χ0) is 26.2. The number of fused-ring (bicyclic) bond motifs is 1. The van der Waals surface area contributed by atoms with Crippen molar-refractivity contribution in [3.05, 3.63) is 47.4 Å². The number of amides is 1. The number of hydrogen-bond donors (Lipinski definition) is 2. The Morgan fingerprint density at radius 3 is 2.62 bits per heavy atom. The molecule has 0 radical (unpaired) electrons. The first kappa shape index (κ1) is 24.7. The molecule has 5 rings (SSSR count). The molecule has 11 heteroatoms. The standard InChI is InChI=1S/C26H32N8O3/c1-16-19(23-28-17(2)32-37-23)6-7-20-22(16)31-24(29-20)30-21-14-18(8-9-27-21)15-33-10-12-34(13-11-33)25(35)36-26(3,4)5/h6-9,14H,10-13,15H2,1-5H3,(H2,27,29,30,31). The molecule has 4 aromatic rings. The molecule has 4 heterocycles. The van der Waals surface area contributed by atoms with Crippen LogP contribution in [0.2, 0.25) is 0 Å². The van der Waals surface area contributed by atoms with E-state index in [4.69, 9.17) is 9.26 Å². The first-order valence-corrected chi connectivity index (χ1v) is 12.4. The summed E-state index contributed by atoms with van der Waals surface area (Å²) >= 11 is 0. The second-order valence-electron chi connectivity index (χ2n) is 10.3. The fourth-order valence-electron chi connectivity index (χ4n) is 4.35. The van der Waals surface area contributed by atoms with Crippen molar-refractivity contribution >= 4 is 28.9 Å². The van der Waals surface area contributed by atoms with Crippen LogP contribution >= 0.6 is 0 Å². The summed E-state index contributed by atoms with van der Waals surface area (Å²) in [6, 6.07) is 7.90. The Morgan fingerprint density at radius 2 is 1.92 bits per heavy atom. The van der Waals surface area contributed by atoms with E-state index in [0.29, 0.717) is 36.6 Å². The number of carbonyl (C=O) groups is 1. The van der Waals surface area contributed by atoms with Gasteiger partial charge >= 0.3 is 6.09 Å². The molecule has 1 aliphatic rings. The number of benzene rings is 1.